The molecule has 0 amide bonds. The van der Waals surface area contributed by atoms with Crippen molar-refractivity contribution in [3.05, 3.63) is 101 Å². The molecule has 0 saturated heterocycles. The number of methoxy groups -OCH3 is 1. The van der Waals surface area contributed by atoms with Crippen molar-refractivity contribution in [3.63, 3.8) is 0 Å². The third-order valence-electron chi connectivity index (χ3n) is 6.16. The normalized spacial score (nSPS) is 18.1. The van der Waals surface area contributed by atoms with Crippen LogP contribution in [0.4, 0.5) is 8.78 Å². The topological polar surface area (TPSA) is 58.7 Å². The van der Waals surface area contributed by atoms with E-state index in [0.717, 1.165) is 17.4 Å². The molecular weight excluding hydrogens is 410 g/mol. The number of hydrogen-bond acceptors (Lipinski definition) is 4. The molecule has 32 heavy (non-hydrogen) atoms. The van der Waals surface area contributed by atoms with E-state index in [1.807, 2.05) is 36.4 Å². The molecule has 3 aromatic rings. The van der Waals surface area contributed by atoms with E-state index in [0.29, 0.717) is 25.1 Å². The predicted molar refractivity (Wildman–Crippen MR) is 120 cm³/mol. The SMILES string of the molecule is COc1ccc(CN2Cc3ccccc3CC2[C@@H](O)[C@@H](N)Cc2cc(F)cc(F)c2)cc1. The average molecular weight is 439 g/mol. The van der Waals surface area contributed by atoms with Crippen LogP contribution < -0.4 is 10.5 Å². The van der Waals surface area contributed by atoms with E-state index < -0.39 is 23.8 Å². The highest BCUT2D eigenvalue weighted by Gasteiger charge is 2.34. The van der Waals surface area contributed by atoms with Crippen molar-refractivity contribution in [2.75, 3.05) is 7.11 Å². The number of ether oxygens (including phenoxy) is 1. The molecular formula is C26H28F2N2O2. The Morgan fingerprint density at radius 1 is 1.00 bits per heavy atom. The van der Waals surface area contributed by atoms with Gasteiger partial charge in [-0.2, -0.15) is 0 Å². The molecule has 0 aliphatic carbocycles. The zero-order valence-electron chi connectivity index (χ0n) is 18.0. The number of rotatable bonds is 7. The van der Waals surface area contributed by atoms with Crippen LogP contribution >= 0.6 is 0 Å². The lowest BCUT2D eigenvalue weighted by atomic mass is 9.87. The van der Waals surface area contributed by atoms with E-state index >= 15 is 0 Å². The van der Waals surface area contributed by atoms with E-state index in [9.17, 15) is 13.9 Å². The van der Waals surface area contributed by atoms with E-state index in [1.54, 1.807) is 7.11 Å². The van der Waals surface area contributed by atoms with Crippen molar-refractivity contribution in [1.29, 1.82) is 0 Å². The Bertz CT molecular complexity index is 1040. The number of nitrogens with zero attached hydrogens (tertiary/aromatic N) is 1. The Morgan fingerprint density at radius 3 is 2.31 bits per heavy atom. The van der Waals surface area contributed by atoms with Gasteiger partial charge < -0.3 is 15.6 Å². The third-order valence-corrected chi connectivity index (χ3v) is 6.16. The summed E-state index contributed by atoms with van der Waals surface area (Å²) in [5, 5.41) is 11.2. The summed E-state index contributed by atoms with van der Waals surface area (Å²) in [7, 11) is 1.63. The van der Waals surface area contributed by atoms with Crippen molar-refractivity contribution in [2.24, 2.45) is 5.73 Å². The Morgan fingerprint density at radius 2 is 1.66 bits per heavy atom. The van der Waals surface area contributed by atoms with Crippen molar-refractivity contribution < 1.29 is 18.6 Å². The minimum absolute atomic E-state index is 0.185. The van der Waals surface area contributed by atoms with E-state index in [2.05, 4.69) is 17.0 Å². The van der Waals surface area contributed by atoms with E-state index in [4.69, 9.17) is 10.5 Å². The number of fused-ring (bicyclic) bond motifs is 1. The number of halogens is 2. The Kier molecular flexibility index (Phi) is 6.84. The van der Waals surface area contributed by atoms with Crippen molar-refractivity contribution in [3.8, 4) is 5.75 Å². The molecule has 4 rings (SSSR count). The minimum Gasteiger partial charge on any atom is -0.497 e. The molecule has 0 radical (unpaired) electrons. The monoisotopic (exact) mass is 438 g/mol. The summed E-state index contributed by atoms with van der Waals surface area (Å²) < 4.78 is 32.4. The first-order chi connectivity index (χ1) is 15.4. The predicted octanol–water partition coefficient (Wildman–Crippen LogP) is 3.83. The summed E-state index contributed by atoms with van der Waals surface area (Å²) >= 11 is 0. The number of nitrogens with two attached hydrogens (primary N) is 1. The van der Waals surface area contributed by atoms with Crippen LogP contribution in [0.3, 0.4) is 0 Å². The molecule has 0 spiro atoms. The van der Waals surface area contributed by atoms with Gasteiger partial charge in [0, 0.05) is 31.2 Å². The van der Waals surface area contributed by atoms with E-state index in [-0.39, 0.29) is 12.5 Å². The van der Waals surface area contributed by atoms with Crippen molar-refractivity contribution in [2.45, 2.75) is 44.1 Å². The molecule has 1 unspecified atom stereocenters. The summed E-state index contributed by atoms with van der Waals surface area (Å²) in [6.07, 6.45) is -0.0313. The molecule has 3 atom stereocenters. The van der Waals surface area contributed by atoms with Crippen LogP contribution in [0.25, 0.3) is 0 Å². The molecule has 0 fully saturated rings. The average Bonchev–Trinajstić information content (AvgIpc) is 2.78. The highest BCUT2D eigenvalue weighted by molar-refractivity contribution is 5.32. The molecule has 0 aromatic heterocycles. The maximum atomic E-state index is 13.6. The first-order valence-electron chi connectivity index (χ1n) is 10.8. The largest absolute Gasteiger partial charge is 0.497 e. The van der Waals surface area contributed by atoms with Gasteiger partial charge in [-0.15, -0.1) is 0 Å². The molecule has 1 aliphatic heterocycles. The maximum Gasteiger partial charge on any atom is 0.126 e. The first-order valence-corrected chi connectivity index (χ1v) is 10.8. The molecule has 3 aromatic carbocycles. The summed E-state index contributed by atoms with van der Waals surface area (Å²) in [5.41, 5.74) is 10.3. The number of benzene rings is 3. The van der Waals surface area contributed by atoms with Gasteiger partial charge in [-0.3, -0.25) is 4.90 Å². The van der Waals surface area contributed by atoms with Gasteiger partial charge >= 0.3 is 0 Å². The lowest BCUT2D eigenvalue weighted by molar-refractivity contribution is 0.0173. The number of aliphatic hydroxyl groups excluding tert-OH is 1. The van der Waals surface area contributed by atoms with Gasteiger partial charge in [0.2, 0.25) is 0 Å². The van der Waals surface area contributed by atoms with Crippen LogP contribution in [-0.4, -0.2) is 35.3 Å². The minimum atomic E-state index is -0.868. The fourth-order valence-electron chi connectivity index (χ4n) is 4.48. The molecule has 0 saturated carbocycles. The molecule has 1 heterocycles. The fourth-order valence-corrected chi connectivity index (χ4v) is 4.48. The smallest absolute Gasteiger partial charge is 0.126 e. The van der Waals surface area contributed by atoms with Crippen LogP contribution in [0.2, 0.25) is 0 Å². The summed E-state index contributed by atoms with van der Waals surface area (Å²) in [6.45, 7) is 1.33. The number of hydrogen-bond donors (Lipinski definition) is 2. The Hall–Kier alpha value is -2.80. The highest BCUT2D eigenvalue weighted by Crippen LogP contribution is 2.28. The van der Waals surface area contributed by atoms with Crippen LogP contribution in [0.15, 0.2) is 66.7 Å². The second-order valence-electron chi connectivity index (χ2n) is 8.43. The summed E-state index contributed by atoms with van der Waals surface area (Å²) in [6, 6.07) is 18.5. The zero-order chi connectivity index (χ0) is 22.7. The van der Waals surface area contributed by atoms with Crippen molar-refractivity contribution in [1.82, 2.24) is 4.90 Å². The maximum absolute atomic E-state index is 13.6. The van der Waals surface area contributed by atoms with Crippen LogP contribution in [0.5, 0.6) is 5.75 Å². The fraction of sp³-hybridized carbons (Fsp3) is 0.308. The molecule has 168 valence electrons. The molecule has 6 heteroatoms. The standard InChI is InChI=1S/C26H28F2N2O2/c1-32-23-8-6-17(7-9-23)15-30-16-20-5-3-2-4-19(20)13-25(30)26(31)24(29)12-18-10-21(27)14-22(28)11-18/h2-11,14,24-26,31H,12-13,15-16,29H2,1H3/t24-,25?,26-/m0/s1. The van der Waals surface area contributed by atoms with E-state index in [1.165, 1.54) is 23.3 Å². The summed E-state index contributed by atoms with van der Waals surface area (Å²) in [4.78, 5) is 2.22. The molecule has 1 aliphatic rings. The van der Waals surface area contributed by atoms with Crippen molar-refractivity contribution >= 4 is 0 Å². The third kappa shape index (κ3) is 5.15. The Labute approximate surface area is 187 Å². The van der Waals surface area contributed by atoms with Gasteiger partial charge in [-0.1, -0.05) is 36.4 Å². The van der Waals surface area contributed by atoms with Crippen LogP contribution in [0, 0.1) is 11.6 Å². The Balaban J connectivity index is 1.55. The molecule has 3 N–H and O–H groups in total. The second kappa shape index (κ2) is 9.77. The van der Waals surface area contributed by atoms with Crippen LogP contribution in [0.1, 0.15) is 22.3 Å². The van der Waals surface area contributed by atoms with Gasteiger partial charge in [-0.05, 0) is 59.4 Å². The lowest BCUT2D eigenvalue weighted by Gasteiger charge is -2.41. The van der Waals surface area contributed by atoms with Gasteiger partial charge in [0.1, 0.15) is 17.4 Å². The second-order valence-corrected chi connectivity index (χ2v) is 8.43. The summed E-state index contributed by atoms with van der Waals surface area (Å²) in [5.74, 6) is -0.498. The molecule has 4 nitrogen and oxygen atoms in total. The van der Waals surface area contributed by atoms with Gasteiger partial charge in [0.15, 0.2) is 0 Å². The quantitative estimate of drug-likeness (QED) is 0.589. The first kappa shape index (κ1) is 22.4. The zero-order valence-corrected chi connectivity index (χ0v) is 18.0. The van der Waals surface area contributed by atoms with Gasteiger partial charge in [0.25, 0.3) is 0 Å². The highest BCUT2D eigenvalue weighted by atomic mass is 19.1. The van der Waals surface area contributed by atoms with Gasteiger partial charge in [-0.25, -0.2) is 8.78 Å². The van der Waals surface area contributed by atoms with Crippen LogP contribution in [-0.2, 0) is 25.9 Å². The van der Waals surface area contributed by atoms with Gasteiger partial charge in [0.05, 0.1) is 13.2 Å². The lowest BCUT2D eigenvalue weighted by Crippen LogP contribution is -2.54. The number of aliphatic hydroxyl groups is 1. The molecule has 0 bridgehead atoms.